The van der Waals surface area contributed by atoms with Crippen molar-refractivity contribution < 1.29 is 21.9 Å². The van der Waals surface area contributed by atoms with E-state index in [1.165, 1.54) is 0 Å². The van der Waals surface area contributed by atoms with E-state index in [0.717, 1.165) is 112 Å². The summed E-state index contributed by atoms with van der Waals surface area (Å²) in [5.74, 6) is -1.14. The van der Waals surface area contributed by atoms with Gasteiger partial charge in [0, 0.05) is 61.7 Å². The van der Waals surface area contributed by atoms with Crippen molar-refractivity contribution >= 4 is 77.7 Å². The van der Waals surface area contributed by atoms with Gasteiger partial charge in [0.15, 0.2) is 0 Å². The molecule has 2 aliphatic heterocycles. The fourth-order valence-electron chi connectivity index (χ4n) is 15.7. The van der Waals surface area contributed by atoms with Gasteiger partial charge in [-0.15, -0.1) is 0 Å². The van der Waals surface area contributed by atoms with Gasteiger partial charge in [0.2, 0.25) is 0 Å². The normalized spacial score (nSPS) is 15.5. The van der Waals surface area contributed by atoms with Gasteiger partial charge in [-0.2, -0.15) is 0 Å². The lowest BCUT2D eigenvalue weighted by molar-refractivity contribution is 0.868. The second-order valence-electron chi connectivity index (χ2n) is 25.1. The fourth-order valence-corrected chi connectivity index (χ4v) is 15.7. The monoisotopic (exact) mass is 1250 g/mol. The molecule has 1 aliphatic carbocycles. The molecule has 0 amide bonds. The minimum absolute atomic E-state index is 0.0454. The first-order valence-electron chi connectivity index (χ1n) is 40.5. The molecule has 0 spiro atoms. The summed E-state index contributed by atoms with van der Waals surface area (Å²) in [6.07, 6.45) is 0.681. The van der Waals surface area contributed by atoms with Crippen LogP contribution in [-0.4, -0.2) is 9.13 Å². The number of anilines is 6. The molecule has 3 aliphatic rings. The van der Waals surface area contributed by atoms with Crippen molar-refractivity contribution in [3.05, 3.63) is 396 Å². The number of rotatable bonds is 9. The fraction of sp³-hybridized carbons (Fsp3) is 0.0323. The van der Waals surface area contributed by atoms with E-state index < -0.39 is 109 Å². The lowest BCUT2D eigenvalue weighted by Gasteiger charge is -2.46. The molecule has 0 saturated heterocycles. The van der Waals surface area contributed by atoms with Gasteiger partial charge in [0.25, 0.3) is 0 Å². The van der Waals surface area contributed by atoms with Gasteiger partial charge in [-0.3, -0.25) is 0 Å². The van der Waals surface area contributed by atoms with E-state index in [1.807, 2.05) is 109 Å². The predicted octanol–water partition coefficient (Wildman–Crippen LogP) is 24.4. The second-order valence-corrected chi connectivity index (χ2v) is 25.1. The van der Waals surface area contributed by atoms with E-state index in [2.05, 4.69) is 155 Å². The molecule has 0 atom stereocenters. The van der Waals surface area contributed by atoms with Crippen LogP contribution >= 0.6 is 0 Å². The van der Waals surface area contributed by atoms with Crippen LogP contribution in [0.5, 0.6) is 0 Å². The maximum atomic E-state index is 9.80. The van der Waals surface area contributed by atoms with Gasteiger partial charge >= 0.3 is 0 Å². The number of hydrogen-bond acceptors (Lipinski definition) is 2. The zero-order valence-corrected chi connectivity index (χ0v) is 51.9. The van der Waals surface area contributed by atoms with Gasteiger partial charge in [-0.05, 0) is 187 Å². The third-order valence-corrected chi connectivity index (χ3v) is 19.9. The van der Waals surface area contributed by atoms with Crippen LogP contribution < -0.4 is 9.80 Å². The van der Waals surface area contributed by atoms with Crippen LogP contribution in [0.1, 0.15) is 78.3 Å². The molecule has 4 nitrogen and oxygen atoms in total. The Morgan fingerprint density at radius 3 is 0.948 bits per heavy atom. The molecule has 0 N–H and O–H groups in total. The maximum Gasteiger partial charge on any atom is 0.0645 e. The molecule has 0 unspecified atom stereocenters. The maximum absolute atomic E-state index is 9.80. The summed E-state index contributed by atoms with van der Waals surface area (Å²) in [5.41, 5.74) is 19.7. The predicted molar refractivity (Wildman–Crippen MR) is 404 cm³/mol. The van der Waals surface area contributed by atoms with Gasteiger partial charge in [-0.25, -0.2) is 0 Å². The van der Waals surface area contributed by atoms with Crippen molar-refractivity contribution in [3.8, 4) is 55.9 Å². The van der Waals surface area contributed by atoms with Crippen LogP contribution in [-0.2, 0) is 6.42 Å². The van der Waals surface area contributed by atoms with Gasteiger partial charge in [-0.1, -0.05) is 255 Å². The summed E-state index contributed by atoms with van der Waals surface area (Å²) in [6, 6.07) is 79.0. The number of fused-ring (bicyclic) bond motifs is 12. The van der Waals surface area contributed by atoms with Gasteiger partial charge in [0.05, 0.1) is 66.7 Å². The Balaban J connectivity index is 0.982. The first kappa shape index (κ1) is 41.3. The summed E-state index contributed by atoms with van der Waals surface area (Å²) < 4.78 is 154. The Kier molecular flexibility index (Phi) is 9.38. The van der Waals surface area contributed by atoms with Crippen LogP contribution in [0, 0.1) is 0 Å². The number of nitrogens with zero attached hydrogens (tertiary/aromatic N) is 4. The average molecular weight is 1250 g/mol. The zero-order valence-electron chi connectivity index (χ0n) is 67.9. The van der Waals surface area contributed by atoms with Crippen LogP contribution in [0.15, 0.2) is 351 Å². The molecule has 97 heavy (non-hydrogen) atoms. The van der Waals surface area contributed by atoms with Crippen molar-refractivity contribution in [2.45, 2.75) is 18.3 Å². The molecule has 20 rings (SSSR count). The molecular weight excluding hydrogens is 1170 g/mol. The summed E-state index contributed by atoms with van der Waals surface area (Å²) in [6.45, 7) is 0. The Hall–Kier alpha value is -12.5. The van der Waals surface area contributed by atoms with E-state index in [9.17, 15) is 16.4 Å². The van der Waals surface area contributed by atoms with Crippen molar-refractivity contribution in [2.75, 3.05) is 9.80 Å². The smallest absolute Gasteiger partial charge is 0.0645 e. The zero-order chi connectivity index (χ0) is 77.6. The summed E-state index contributed by atoms with van der Waals surface area (Å²) >= 11 is 0. The summed E-state index contributed by atoms with van der Waals surface area (Å²) in [4.78, 5) is 4.56. The molecular formula is C93H62N4. The Bertz CT molecular complexity index is 6330. The second kappa shape index (κ2) is 22.1. The highest BCUT2D eigenvalue weighted by Gasteiger charge is 2.43. The third kappa shape index (κ3) is 8.77. The van der Waals surface area contributed by atoms with Crippen LogP contribution in [0.25, 0.3) is 99.5 Å². The lowest BCUT2D eigenvalue weighted by Crippen LogP contribution is -2.30. The molecule has 4 heteroatoms. The van der Waals surface area contributed by atoms with Crippen LogP contribution in [0.3, 0.4) is 0 Å². The third-order valence-electron chi connectivity index (χ3n) is 19.9. The Morgan fingerprint density at radius 1 is 0.258 bits per heavy atom. The minimum Gasteiger partial charge on any atom is -0.310 e. The molecule has 0 bridgehead atoms. The van der Waals surface area contributed by atoms with Crippen molar-refractivity contribution in [2.24, 2.45) is 0 Å². The standard InChI is InChI=1S/C93H62N4/c1-5-25-60(26-6-1)66-50-67(61-27-7-2-8-28-61)53-73(52-66)96-87-58-71(94-83-41-21-17-37-77(83)78-38-18-22-42-84(78)94)45-47-81(87)92-82-48-46-72(95-85-43-23-19-39-79(85)80-40-20-24-44-86(80)95)59-88(82)97(74-54-68(62-29-9-3-10-30-62)51-69(55-74)63-31-11-4-12-32-63)90-57-70(56-89(96)93(90)92)91-75-35-15-13-33-64(75)49-65-34-14-16-36-76(65)91/h1-48,50-59,91-92H,49H2/i17D,18D,19D,20D,21D,22D,23D,24D,37D,38D,39D,40D,41D,42D,43D,44D. The molecule has 0 fully saturated rings. The topological polar surface area (TPSA) is 16.3 Å². The van der Waals surface area contributed by atoms with Crippen LogP contribution in [0.4, 0.5) is 34.1 Å². The first-order valence-corrected chi connectivity index (χ1v) is 32.5. The van der Waals surface area contributed by atoms with Gasteiger partial charge < -0.3 is 18.9 Å². The number of para-hydroxylation sites is 4. The number of hydrogen-bond donors (Lipinski definition) is 0. The molecule has 15 aromatic carbocycles. The van der Waals surface area contributed by atoms with Crippen molar-refractivity contribution in [1.82, 2.24) is 9.13 Å². The van der Waals surface area contributed by atoms with E-state index in [1.54, 1.807) is 9.13 Å². The Morgan fingerprint density at radius 2 is 0.588 bits per heavy atom. The average Bonchev–Trinajstić information content (AvgIpc) is 1.69. The Labute approximate surface area is 586 Å². The van der Waals surface area contributed by atoms with Crippen LogP contribution in [0.2, 0.25) is 0 Å². The van der Waals surface area contributed by atoms with Crippen molar-refractivity contribution in [1.29, 1.82) is 0 Å². The highest BCUT2D eigenvalue weighted by molar-refractivity contribution is 6.11. The summed E-state index contributed by atoms with van der Waals surface area (Å²) in [5, 5.41) is -0.272. The molecule has 4 heterocycles. The molecule has 454 valence electrons. The van der Waals surface area contributed by atoms with E-state index in [4.69, 9.17) is 5.48 Å². The van der Waals surface area contributed by atoms with E-state index in [-0.39, 0.29) is 43.6 Å². The number of aromatic nitrogens is 2. The highest BCUT2D eigenvalue weighted by Crippen LogP contribution is 2.63. The lowest BCUT2D eigenvalue weighted by atomic mass is 9.71. The summed E-state index contributed by atoms with van der Waals surface area (Å²) in [7, 11) is 0. The molecule has 2 aromatic heterocycles. The first-order chi connectivity index (χ1) is 54.8. The SMILES string of the molecule is [2H]c1c([2H])c([2H])c2c(c1[2H])c1c([2H])c([2H])c([2H])c([2H])c1n2-c1ccc2c(c1)N(c1cc(-c3ccccc3)cc(-c3ccccc3)c1)c1cc(C3c4ccccc4Cc4ccccc43)cc3c1C2c1ccc(-n2c4c([2H])c([2H])c([2H])c([2H])c4c4c([2H])c([2H])c([2H])c([2H])c42)cc1N3c1cc(-c2ccccc2)cc(-c2ccccc2)c1. The molecule has 17 aromatic rings. The van der Waals surface area contributed by atoms with Crippen molar-refractivity contribution in [3.63, 3.8) is 0 Å². The molecule has 0 saturated carbocycles. The quantitative estimate of drug-likeness (QED) is 0.143. The number of benzene rings is 15. The highest BCUT2D eigenvalue weighted by atomic mass is 15.2. The van der Waals surface area contributed by atoms with E-state index >= 15 is 0 Å². The molecule has 0 radical (unpaired) electrons. The largest absolute Gasteiger partial charge is 0.310 e. The van der Waals surface area contributed by atoms with Gasteiger partial charge in [0.1, 0.15) is 0 Å². The van der Waals surface area contributed by atoms with E-state index in [0.29, 0.717) is 29.2 Å². The minimum atomic E-state index is -0.738.